The van der Waals surface area contributed by atoms with Crippen molar-refractivity contribution in [2.75, 3.05) is 33.9 Å². The SMILES string of the molecule is COc1ccc(OC)c(CN2CCc3nnc(CCNC(=O)c4ccc(F)cc4)n3CC2)c1. The molecule has 2 heterocycles. The number of fused-ring (bicyclic) bond motifs is 1. The van der Waals surface area contributed by atoms with Crippen molar-refractivity contribution in [3.05, 3.63) is 71.1 Å². The molecule has 174 valence electrons. The molecule has 0 atom stereocenters. The lowest BCUT2D eigenvalue weighted by Gasteiger charge is -2.21. The number of nitrogens with one attached hydrogen (secondary N) is 1. The zero-order valence-electron chi connectivity index (χ0n) is 18.9. The number of aromatic nitrogens is 3. The van der Waals surface area contributed by atoms with Gasteiger partial charge in [-0.1, -0.05) is 0 Å². The number of methoxy groups -OCH3 is 2. The summed E-state index contributed by atoms with van der Waals surface area (Å²) in [6, 6.07) is 11.3. The van der Waals surface area contributed by atoms with Gasteiger partial charge in [-0.15, -0.1) is 10.2 Å². The number of hydrogen-bond donors (Lipinski definition) is 1. The number of halogens is 1. The summed E-state index contributed by atoms with van der Waals surface area (Å²) in [4.78, 5) is 14.6. The van der Waals surface area contributed by atoms with E-state index in [4.69, 9.17) is 9.47 Å². The lowest BCUT2D eigenvalue weighted by atomic mass is 10.1. The molecule has 1 aliphatic rings. The van der Waals surface area contributed by atoms with E-state index in [1.54, 1.807) is 14.2 Å². The first kappa shape index (κ1) is 22.7. The van der Waals surface area contributed by atoms with Crippen molar-refractivity contribution < 1.29 is 18.7 Å². The van der Waals surface area contributed by atoms with Crippen LogP contribution < -0.4 is 14.8 Å². The average Bonchev–Trinajstić information content (AvgIpc) is 3.11. The summed E-state index contributed by atoms with van der Waals surface area (Å²) in [6.45, 7) is 3.66. The van der Waals surface area contributed by atoms with Crippen LogP contribution in [0.3, 0.4) is 0 Å². The molecular weight excluding hydrogens is 425 g/mol. The van der Waals surface area contributed by atoms with E-state index in [2.05, 4.69) is 25.0 Å². The minimum Gasteiger partial charge on any atom is -0.497 e. The van der Waals surface area contributed by atoms with Crippen LogP contribution in [0.2, 0.25) is 0 Å². The summed E-state index contributed by atoms with van der Waals surface area (Å²) in [5.74, 6) is 2.86. The van der Waals surface area contributed by atoms with Gasteiger partial charge in [0, 0.05) is 56.7 Å². The van der Waals surface area contributed by atoms with Gasteiger partial charge in [-0.3, -0.25) is 9.69 Å². The fourth-order valence-corrected chi connectivity index (χ4v) is 4.01. The van der Waals surface area contributed by atoms with Gasteiger partial charge in [-0.2, -0.15) is 0 Å². The molecule has 33 heavy (non-hydrogen) atoms. The minimum absolute atomic E-state index is 0.232. The molecule has 0 saturated heterocycles. The fourth-order valence-electron chi connectivity index (χ4n) is 4.01. The quantitative estimate of drug-likeness (QED) is 0.564. The van der Waals surface area contributed by atoms with Gasteiger partial charge >= 0.3 is 0 Å². The molecule has 4 rings (SSSR count). The molecule has 3 aromatic rings. The largest absolute Gasteiger partial charge is 0.497 e. The number of carbonyl (C=O) groups excluding carboxylic acids is 1. The maximum atomic E-state index is 13.0. The number of benzene rings is 2. The standard InChI is InChI=1S/C24H28FN5O3/c1-32-20-7-8-21(33-2)18(15-20)16-29-12-10-23-28-27-22(30(23)14-13-29)9-11-26-24(31)17-3-5-19(25)6-4-17/h3-8,15H,9-14,16H2,1-2H3,(H,26,31). The van der Waals surface area contributed by atoms with E-state index >= 15 is 0 Å². The molecule has 9 heteroatoms. The fraction of sp³-hybridized carbons (Fsp3) is 0.375. The monoisotopic (exact) mass is 453 g/mol. The first-order valence-corrected chi connectivity index (χ1v) is 11.0. The average molecular weight is 454 g/mol. The lowest BCUT2D eigenvalue weighted by molar-refractivity contribution is 0.0954. The van der Waals surface area contributed by atoms with Gasteiger partial charge in [0.25, 0.3) is 5.91 Å². The van der Waals surface area contributed by atoms with Gasteiger partial charge < -0.3 is 19.4 Å². The zero-order valence-corrected chi connectivity index (χ0v) is 18.9. The maximum Gasteiger partial charge on any atom is 0.251 e. The number of rotatable bonds is 8. The molecular formula is C24H28FN5O3. The molecule has 1 aromatic heterocycles. The van der Waals surface area contributed by atoms with E-state index < -0.39 is 0 Å². The van der Waals surface area contributed by atoms with Crippen LogP contribution in [0, 0.1) is 5.82 Å². The summed E-state index contributed by atoms with van der Waals surface area (Å²) >= 11 is 0. The molecule has 0 bridgehead atoms. The molecule has 0 saturated carbocycles. The first-order valence-electron chi connectivity index (χ1n) is 11.0. The van der Waals surface area contributed by atoms with Crippen LogP contribution in [-0.2, 0) is 25.9 Å². The lowest BCUT2D eigenvalue weighted by Crippen LogP contribution is -2.28. The van der Waals surface area contributed by atoms with E-state index in [9.17, 15) is 9.18 Å². The van der Waals surface area contributed by atoms with Crippen LogP contribution in [0.1, 0.15) is 27.6 Å². The van der Waals surface area contributed by atoms with E-state index in [1.165, 1.54) is 24.3 Å². The zero-order chi connectivity index (χ0) is 23.2. The van der Waals surface area contributed by atoms with Crippen molar-refractivity contribution >= 4 is 5.91 Å². The Morgan fingerprint density at radius 2 is 1.88 bits per heavy atom. The first-order chi connectivity index (χ1) is 16.1. The molecule has 0 unspecified atom stereocenters. The van der Waals surface area contributed by atoms with E-state index in [1.807, 2.05) is 18.2 Å². The van der Waals surface area contributed by atoms with Gasteiger partial charge in [0.1, 0.15) is 29.0 Å². The van der Waals surface area contributed by atoms with Crippen molar-refractivity contribution in [1.82, 2.24) is 25.0 Å². The smallest absolute Gasteiger partial charge is 0.251 e. The Hall–Kier alpha value is -3.46. The van der Waals surface area contributed by atoms with Crippen molar-refractivity contribution in [2.24, 2.45) is 0 Å². The highest BCUT2D eigenvalue weighted by Gasteiger charge is 2.20. The van der Waals surface area contributed by atoms with Crippen LogP contribution >= 0.6 is 0 Å². The molecule has 0 radical (unpaired) electrons. The number of carbonyl (C=O) groups is 1. The van der Waals surface area contributed by atoms with Crippen LogP contribution in [0.4, 0.5) is 4.39 Å². The highest BCUT2D eigenvalue weighted by Crippen LogP contribution is 2.26. The minimum atomic E-state index is -0.364. The Bertz CT molecular complexity index is 1100. The van der Waals surface area contributed by atoms with Crippen LogP contribution in [0.15, 0.2) is 42.5 Å². The van der Waals surface area contributed by atoms with E-state index in [0.29, 0.717) is 18.5 Å². The third kappa shape index (κ3) is 5.48. The Kier molecular flexibility index (Phi) is 7.19. The highest BCUT2D eigenvalue weighted by molar-refractivity contribution is 5.94. The molecule has 0 fully saturated rings. The molecule has 2 aromatic carbocycles. The maximum absolute atomic E-state index is 13.0. The van der Waals surface area contributed by atoms with Gasteiger partial charge in [-0.25, -0.2) is 4.39 Å². The van der Waals surface area contributed by atoms with E-state index in [-0.39, 0.29) is 11.7 Å². The Morgan fingerprint density at radius 1 is 1.06 bits per heavy atom. The van der Waals surface area contributed by atoms with Crippen molar-refractivity contribution in [3.8, 4) is 11.5 Å². The van der Waals surface area contributed by atoms with Crippen molar-refractivity contribution in [2.45, 2.75) is 25.9 Å². The molecule has 0 aliphatic carbocycles. The summed E-state index contributed by atoms with van der Waals surface area (Å²) in [5, 5.41) is 11.6. The van der Waals surface area contributed by atoms with Crippen molar-refractivity contribution in [3.63, 3.8) is 0 Å². The molecule has 1 aliphatic heterocycles. The second-order valence-corrected chi connectivity index (χ2v) is 7.90. The van der Waals surface area contributed by atoms with Crippen LogP contribution in [0.25, 0.3) is 0 Å². The third-order valence-electron chi connectivity index (χ3n) is 5.82. The van der Waals surface area contributed by atoms with Gasteiger partial charge in [0.15, 0.2) is 0 Å². The van der Waals surface area contributed by atoms with Gasteiger partial charge in [0.2, 0.25) is 0 Å². The molecule has 0 spiro atoms. The Balaban J connectivity index is 1.34. The molecule has 8 nitrogen and oxygen atoms in total. The summed E-state index contributed by atoms with van der Waals surface area (Å²) in [6.07, 6.45) is 1.37. The summed E-state index contributed by atoms with van der Waals surface area (Å²) < 4.78 is 26.1. The van der Waals surface area contributed by atoms with Crippen molar-refractivity contribution in [1.29, 1.82) is 0 Å². The van der Waals surface area contributed by atoms with Gasteiger partial charge in [-0.05, 0) is 42.5 Å². The van der Waals surface area contributed by atoms with E-state index in [0.717, 1.165) is 61.3 Å². The summed E-state index contributed by atoms with van der Waals surface area (Å²) in [5.41, 5.74) is 1.51. The van der Waals surface area contributed by atoms with Crippen LogP contribution in [-0.4, -0.2) is 59.4 Å². The topological polar surface area (TPSA) is 81.5 Å². The molecule has 1 N–H and O–H groups in total. The second-order valence-electron chi connectivity index (χ2n) is 7.90. The third-order valence-corrected chi connectivity index (χ3v) is 5.82. The second kappa shape index (κ2) is 10.4. The number of hydrogen-bond acceptors (Lipinski definition) is 6. The normalized spacial score (nSPS) is 13.8. The number of nitrogens with zero attached hydrogens (tertiary/aromatic N) is 4. The molecule has 1 amide bonds. The highest BCUT2D eigenvalue weighted by atomic mass is 19.1. The van der Waals surface area contributed by atoms with Crippen LogP contribution in [0.5, 0.6) is 11.5 Å². The number of ether oxygens (including phenoxy) is 2. The number of amides is 1. The van der Waals surface area contributed by atoms with Gasteiger partial charge in [0.05, 0.1) is 14.2 Å². The Morgan fingerprint density at radius 3 is 2.64 bits per heavy atom. The predicted molar refractivity (Wildman–Crippen MR) is 121 cm³/mol. The summed E-state index contributed by atoms with van der Waals surface area (Å²) in [7, 11) is 3.34. The Labute approximate surface area is 192 Å². The predicted octanol–water partition coefficient (Wildman–Crippen LogP) is 2.47.